The molecule has 9 nitrogen and oxygen atoms in total. The Morgan fingerprint density at radius 1 is 1.09 bits per heavy atom. The molecule has 4 N–H and O–H groups in total. The van der Waals surface area contributed by atoms with E-state index in [9.17, 15) is 19.2 Å². The molecule has 0 saturated heterocycles. The van der Waals surface area contributed by atoms with Crippen LogP contribution in [0.3, 0.4) is 0 Å². The van der Waals surface area contributed by atoms with Crippen molar-refractivity contribution in [1.29, 1.82) is 0 Å². The summed E-state index contributed by atoms with van der Waals surface area (Å²) in [5, 5.41) is 5.55. The molecule has 1 aromatic carbocycles. The van der Waals surface area contributed by atoms with Crippen LogP contribution in [-0.4, -0.2) is 52.4 Å². The molecule has 0 fully saturated rings. The van der Waals surface area contributed by atoms with Gasteiger partial charge in [-0.05, 0) is 66.9 Å². The number of hydrogen-bond donors (Lipinski definition) is 3. The van der Waals surface area contributed by atoms with Gasteiger partial charge in [0, 0.05) is 18.5 Å². The van der Waals surface area contributed by atoms with Gasteiger partial charge in [0.05, 0.1) is 0 Å². The standard InChI is InChI=1S/C26H42N4O5/c1-9-15-30(21(22(32)29-25(3,4)5)18-12-10-11-17(2)16-18)23(33)19(13-14-20(27)31)28-24(34)35-26(6,7)8/h10-12,16,19,21H,9,13-15H2,1-8H3,(H2,27,31)(H,28,34)(H,29,32). The molecule has 4 amide bonds. The molecule has 0 spiro atoms. The van der Waals surface area contributed by atoms with Gasteiger partial charge in [-0.25, -0.2) is 4.79 Å². The van der Waals surface area contributed by atoms with E-state index in [-0.39, 0.29) is 25.3 Å². The van der Waals surface area contributed by atoms with Crippen molar-refractivity contribution >= 4 is 23.8 Å². The number of aryl methyl sites for hydroxylation is 1. The van der Waals surface area contributed by atoms with Gasteiger partial charge in [-0.3, -0.25) is 14.4 Å². The monoisotopic (exact) mass is 490 g/mol. The SMILES string of the molecule is CCCN(C(=O)C(CCC(N)=O)NC(=O)OC(C)(C)C)C(C(=O)NC(C)(C)C)c1cccc(C)c1. The molecule has 1 aromatic rings. The summed E-state index contributed by atoms with van der Waals surface area (Å²) in [4.78, 5) is 52.8. The molecular formula is C26H42N4O5. The highest BCUT2D eigenvalue weighted by Crippen LogP contribution is 2.25. The van der Waals surface area contributed by atoms with E-state index in [1.165, 1.54) is 4.90 Å². The van der Waals surface area contributed by atoms with Crippen LogP contribution in [0.15, 0.2) is 24.3 Å². The number of nitrogens with two attached hydrogens (primary N) is 1. The van der Waals surface area contributed by atoms with Crippen LogP contribution in [0.5, 0.6) is 0 Å². The maximum absolute atomic E-state index is 13.8. The van der Waals surface area contributed by atoms with Crippen molar-refractivity contribution < 1.29 is 23.9 Å². The normalized spacial score (nSPS) is 13.4. The topological polar surface area (TPSA) is 131 Å². The molecule has 35 heavy (non-hydrogen) atoms. The zero-order chi connectivity index (χ0) is 27.0. The summed E-state index contributed by atoms with van der Waals surface area (Å²) in [5.74, 6) is -1.43. The van der Waals surface area contributed by atoms with Crippen LogP contribution in [0.2, 0.25) is 0 Å². The number of primary amides is 1. The van der Waals surface area contributed by atoms with Gasteiger partial charge in [-0.15, -0.1) is 0 Å². The van der Waals surface area contributed by atoms with E-state index in [0.29, 0.717) is 12.0 Å². The van der Waals surface area contributed by atoms with Crippen LogP contribution < -0.4 is 16.4 Å². The summed E-state index contributed by atoms with van der Waals surface area (Å²) in [7, 11) is 0. The Hall–Kier alpha value is -3.10. The third-order valence-corrected chi connectivity index (χ3v) is 4.83. The Labute approximate surface area is 209 Å². The van der Waals surface area contributed by atoms with Crippen molar-refractivity contribution in [2.45, 2.75) is 97.9 Å². The van der Waals surface area contributed by atoms with Gasteiger partial charge in [0.25, 0.3) is 0 Å². The van der Waals surface area contributed by atoms with Gasteiger partial charge in [-0.2, -0.15) is 0 Å². The summed E-state index contributed by atoms with van der Waals surface area (Å²) < 4.78 is 5.32. The zero-order valence-electron chi connectivity index (χ0n) is 22.4. The Kier molecular flexibility index (Phi) is 10.7. The molecule has 0 aliphatic heterocycles. The summed E-state index contributed by atoms with van der Waals surface area (Å²) in [6, 6.07) is 5.38. The van der Waals surface area contributed by atoms with Gasteiger partial charge in [0.1, 0.15) is 17.7 Å². The second-order valence-corrected chi connectivity index (χ2v) is 10.8. The number of alkyl carbamates (subject to hydrolysis) is 1. The number of carbonyl (C=O) groups is 4. The van der Waals surface area contributed by atoms with Gasteiger partial charge >= 0.3 is 6.09 Å². The van der Waals surface area contributed by atoms with Crippen LogP contribution >= 0.6 is 0 Å². The van der Waals surface area contributed by atoms with E-state index in [1.54, 1.807) is 26.8 Å². The maximum Gasteiger partial charge on any atom is 0.408 e. The summed E-state index contributed by atoms with van der Waals surface area (Å²) in [6.45, 7) is 14.8. The third-order valence-electron chi connectivity index (χ3n) is 4.83. The molecule has 2 atom stereocenters. The molecular weight excluding hydrogens is 448 g/mol. The lowest BCUT2D eigenvalue weighted by molar-refractivity contribution is -0.143. The maximum atomic E-state index is 13.8. The van der Waals surface area contributed by atoms with Crippen molar-refractivity contribution in [3.8, 4) is 0 Å². The predicted molar refractivity (Wildman–Crippen MR) is 135 cm³/mol. The lowest BCUT2D eigenvalue weighted by Gasteiger charge is -2.36. The van der Waals surface area contributed by atoms with Crippen molar-refractivity contribution in [3.63, 3.8) is 0 Å². The molecule has 2 unspecified atom stereocenters. The predicted octanol–water partition coefficient (Wildman–Crippen LogP) is 3.35. The van der Waals surface area contributed by atoms with Crippen molar-refractivity contribution in [3.05, 3.63) is 35.4 Å². The largest absolute Gasteiger partial charge is 0.444 e. The molecule has 0 aliphatic carbocycles. The molecule has 0 radical (unpaired) electrons. The Morgan fingerprint density at radius 2 is 1.71 bits per heavy atom. The highest BCUT2D eigenvalue weighted by atomic mass is 16.6. The second kappa shape index (κ2) is 12.6. The minimum Gasteiger partial charge on any atom is -0.444 e. The first kappa shape index (κ1) is 29.9. The van der Waals surface area contributed by atoms with Crippen LogP contribution in [0.1, 0.15) is 84.9 Å². The lowest BCUT2D eigenvalue weighted by atomic mass is 9.98. The number of benzene rings is 1. The summed E-state index contributed by atoms with van der Waals surface area (Å²) in [6.07, 6.45) is -0.348. The minimum absolute atomic E-state index is 0.0188. The number of amides is 4. The fourth-order valence-corrected chi connectivity index (χ4v) is 3.55. The summed E-state index contributed by atoms with van der Waals surface area (Å²) in [5.41, 5.74) is 5.61. The van der Waals surface area contributed by atoms with E-state index in [4.69, 9.17) is 10.5 Å². The van der Waals surface area contributed by atoms with Crippen LogP contribution in [-0.2, 0) is 19.1 Å². The van der Waals surface area contributed by atoms with Crippen LogP contribution in [0, 0.1) is 6.92 Å². The quantitative estimate of drug-likeness (QED) is 0.463. The van der Waals surface area contributed by atoms with Gasteiger partial charge in [0.2, 0.25) is 17.7 Å². The first-order valence-electron chi connectivity index (χ1n) is 12.0. The summed E-state index contributed by atoms with van der Waals surface area (Å²) >= 11 is 0. The number of ether oxygens (including phenoxy) is 1. The highest BCUT2D eigenvalue weighted by Gasteiger charge is 2.37. The molecule has 0 heterocycles. The van der Waals surface area contributed by atoms with Crippen molar-refractivity contribution in [2.75, 3.05) is 6.54 Å². The molecule has 0 saturated carbocycles. The zero-order valence-corrected chi connectivity index (χ0v) is 22.4. The molecule has 1 rings (SSSR count). The number of hydrogen-bond acceptors (Lipinski definition) is 5. The van der Waals surface area contributed by atoms with E-state index in [0.717, 1.165) is 5.56 Å². The average Bonchev–Trinajstić information content (AvgIpc) is 2.67. The molecule has 196 valence electrons. The average molecular weight is 491 g/mol. The van der Waals surface area contributed by atoms with E-state index < -0.39 is 41.1 Å². The fraction of sp³-hybridized carbons (Fsp3) is 0.615. The highest BCUT2D eigenvalue weighted by molar-refractivity contribution is 5.92. The first-order valence-corrected chi connectivity index (χ1v) is 12.0. The molecule has 9 heteroatoms. The van der Waals surface area contributed by atoms with Gasteiger partial charge < -0.3 is 26.0 Å². The van der Waals surface area contributed by atoms with E-state index in [1.807, 2.05) is 52.8 Å². The molecule has 0 aromatic heterocycles. The molecule has 0 bridgehead atoms. The van der Waals surface area contributed by atoms with Gasteiger partial charge in [0.15, 0.2) is 0 Å². The minimum atomic E-state index is -1.10. The first-order chi connectivity index (χ1) is 16.0. The molecule has 0 aliphatic rings. The lowest BCUT2D eigenvalue weighted by Crippen LogP contribution is -2.55. The Bertz CT molecular complexity index is 902. The van der Waals surface area contributed by atoms with Gasteiger partial charge in [-0.1, -0.05) is 36.8 Å². The Balaban J connectivity index is 3.46. The third kappa shape index (κ3) is 10.8. The van der Waals surface area contributed by atoms with E-state index >= 15 is 0 Å². The second-order valence-electron chi connectivity index (χ2n) is 10.8. The smallest absolute Gasteiger partial charge is 0.408 e. The van der Waals surface area contributed by atoms with Crippen LogP contribution in [0.25, 0.3) is 0 Å². The Morgan fingerprint density at radius 3 is 2.20 bits per heavy atom. The van der Waals surface area contributed by atoms with Crippen LogP contribution in [0.4, 0.5) is 4.79 Å². The van der Waals surface area contributed by atoms with E-state index in [2.05, 4.69) is 10.6 Å². The number of nitrogens with zero attached hydrogens (tertiary/aromatic N) is 1. The number of rotatable bonds is 10. The number of carbonyl (C=O) groups excluding carboxylic acids is 4. The van der Waals surface area contributed by atoms with Crippen molar-refractivity contribution in [2.24, 2.45) is 5.73 Å². The number of nitrogens with one attached hydrogen (secondary N) is 2. The van der Waals surface area contributed by atoms with Crippen molar-refractivity contribution in [1.82, 2.24) is 15.5 Å². The fourth-order valence-electron chi connectivity index (χ4n) is 3.55.